The van der Waals surface area contributed by atoms with Gasteiger partial charge in [-0.05, 0) is 62.3 Å². The van der Waals surface area contributed by atoms with E-state index in [4.69, 9.17) is 4.74 Å². The third-order valence-corrected chi connectivity index (χ3v) is 6.52. The monoisotopic (exact) mass is 465 g/mol. The average Bonchev–Trinajstić information content (AvgIpc) is 3.28. The molecule has 2 aromatic rings. The van der Waals surface area contributed by atoms with Crippen LogP contribution in [0.3, 0.4) is 0 Å². The summed E-state index contributed by atoms with van der Waals surface area (Å²) in [5.41, 5.74) is 4.05. The number of carbonyl (C=O) groups excluding carboxylic acids is 2. The van der Waals surface area contributed by atoms with Crippen molar-refractivity contribution < 1.29 is 24.5 Å². The first kappa shape index (κ1) is 25.3. The van der Waals surface area contributed by atoms with Crippen molar-refractivity contribution in [1.82, 2.24) is 4.90 Å². The number of benzene rings is 2. The van der Waals surface area contributed by atoms with Gasteiger partial charge in [0.15, 0.2) is 0 Å². The van der Waals surface area contributed by atoms with Gasteiger partial charge in [0, 0.05) is 6.54 Å². The topological polar surface area (TPSA) is 87.1 Å². The summed E-state index contributed by atoms with van der Waals surface area (Å²) in [6.45, 7) is 10.3. The van der Waals surface area contributed by atoms with Crippen LogP contribution in [-0.4, -0.2) is 46.7 Å². The fraction of sp³-hybridized carbons (Fsp3) is 0.429. The molecule has 1 aliphatic heterocycles. The maximum atomic E-state index is 13.8. The molecule has 0 aliphatic carbocycles. The third-order valence-electron chi connectivity index (χ3n) is 6.52. The van der Waals surface area contributed by atoms with Gasteiger partial charge < -0.3 is 19.8 Å². The molecule has 6 heteroatoms. The first-order valence-corrected chi connectivity index (χ1v) is 11.9. The third kappa shape index (κ3) is 4.96. The number of phenolic OH excluding ortho intramolecular Hbond substituents is 2. The maximum Gasteiger partial charge on any atom is 0.328 e. The number of methoxy groups -OCH3 is 1. The van der Waals surface area contributed by atoms with E-state index in [0.717, 1.165) is 36.0 Å². The number of nitrogens with zero attached hydrogens (tertiary/aromatic N) is 1. The Balaban J connectivity index is 2.21. The number of aryl methyl sites for hydroxylation is 2. The Kier molecular flexibility index (Phi) is 8.02. The summed E-state index contributed by atoms with van der Waals surface area (Å²) in [7, 11) is 1.31. The Hall–Kier alpha value is -3.28. The summed E-state index contributed by atoms with van der Waals surface area (Å²) in [5, 5.41) is 22.6. The van der Waals surface area contributed by atoms with Crippen molar-refractivity contribution in [1.29, 1.82) is 0 Å². The molecule has 0 aromatic heterocycles. The molecule has 0 radical (unpaired) electrons. The Labute approximate surface area is 201 Å². The fourth-order valence-corrected chi connectivity index (χ4v) is 4.75. The number of ether oxygens (including phenoxy) is 1. The Morgan fingerprint density at radius 2 is 1.94 bits per heavy atom. The quantitative estimate of drug-likeness (QED) is 0.390. The van der Waals surface area contributed by atoms with Crippen molar-refractivity contribution in [3.05, 3.63) is 53.1 Å². The molecule has 182 valence electrons. The standard InChI is InChI=1S/C28H35NO5/c1-6-7-8-10-19-16-23(30)25(21-15-18(4)12-13-20(21)17(2)3)26(31)24(19)27(32)29-14-9-11-22(29)28(33)34-5/h12-13,15-16,22,30-31H,2,6-11,14H2,1,3-5H3. The minimum atomic E-state index is -0.678. The van der Waals surface area contributed by atoms with E-state index in [-0.39, 0.29) is 22.6 Å². The summed E-state index contributed by atoms with van der Waals surface area (Å²) < 4.78 is 4.91. The van der Waals surface area contributed by atoms with Crippen molar-refractivity contribution in [3.8, 4) is 22.6 Å². The van der Waals surface area contributed by atoms with E-state index in [9.17, 15) is 19.8 Å². The van der Waals surface area contributed by atoms with Crippen LogP contribution in [0.5, 0.6) is 11.5 Å². The average molecular weight is 466 g/mol. The number of phenols is 2. The number of likely N-dealkylation sites (tertiary alicyclic amines) is 1. The number of unbranched alkanes of at least 4 members (excludes halogenated alkanes) is 2. The summed E-state index contributed by atoms with van der Waals surface area (Å²) in [6.07, 6.45) is 4.52. The minimum absolute atomic E-state index is 0.0837. The summed E-state index contributed by atoms with van der Waals surface area (Å²) in [4.78, 5) is 27.6. The molecule has 0 spiro atoms. The number of allylic oxidation sites excluding steroid dienone is 1. The molecule has 2 aromatic carbocycles. The highest BCUT2D eigenvalue weighted by Crippen LogP contribution is 2.45. The van der Waals surface area contributed by atoms with Crippen LogP contribution in [0.15, 0.2) is 30.8 Å². The Morgan fingerprint density at radius 3 is 2.59 bits per heavy atom. The Morgan fingerprint density at radius 1 is 1.21 bits per heavy atom. The molecule has 0 saturated carbocycles. The second-order valence-electron chi connectivity index (χ2n) is 9.12. The molecule has 0 bridgehead atoms. The van der Waals surface area contributed by atoms with E-state index in [1.54, 1.807) is 6.07 Å². The molecule has 1 fully saturated rings. The van der Waals surface area contributed by atoms with Gasteiger partial charge in [0.2, 0.25) is 0 Å². The van der Waals surface area contributed by atoms with E-state index in [1.165, 1.54) is 12.0 Å². The van der Waals surface area contributed by atoms with Crippen LogP contribution in [0.2, 0.25) is 0 Å². The van der Waals surface area contributed by atoms with Crippen LogP contribution in [-0.2, 0) is 16.0 Å². The smallest absolute Gasteiger partial charge is 0.328 e. The molecular weight excluding hydrogens is 430 g/mol. The highest BCUT2D eigenvalue weighted by Gasteiger charge is 2.38. The Bertz CT molecular complexity index is 1100. The molecule has 2 N–H and O–H groups in total. The van der Waals surface area contributed by atoms with Crippen molar-refractivity contribution in [2.75, 3.05) is 13.7 Å². The van der Waals surface area contributed by atoms with Gasteiger partial charge in [-0.1, -0.05) is 55.7 Å². The van der Waals surface area contributed by atoms with Crippen LogP contribution in [0.1, 0.15) is 73.0 Å². The molecule has 34 heavy (non-hydrogen) atoms. The molecule has 1 unspecified atom stereocenters. The summed E-state index contributed by atoms with van der Waals surface area (Å²) in [5.74, 6) is -1.22. The molecule has 1 atom stereocenters. The van der Waals surface area contributed by atoms with Gasteiger partial charge in [0.25, 0.3) is 5.91 Å². The van der Waals surface area contributed by atoms with Gasteiger partial charge in [0.1, 0.15) is 17.5 Å². The maximum absolute atomic E-state index is 13.8. The first-order valence-electron chi connectivity index (χ1n) is 11.9. The van der Waals surface area contributed by atoms with Gasteiger partial charge in [0.05, 0.1) is 18.2 Å². The number of esters is 1. The van der Waals surface area contributed by atoms with E-state index in [0.29, 0.717) is 36.9 Å². The van der Waals surface area contributed by atoms with Gasteiger partial charge in [-0.3, -0.25) is 4.79 Å². The lowest BCUT2D eigenvalue weighted by Crippen LogP contribution is -2.41. The number of carbonyl (C=O) groups is 2. The SMILES string of the molecule is C=C(C)c1ccc(C)cc1-c1c(O)cc(CCCCC)c(C(=O)N2CCCC2C(=O)OC)c1O. The van der Waals surface area contributed by atoms with E-state index in [1.807, 2.05) is 32.0 Å². The zero-order chi connectivity index (χ0) is 25.0. The largest absolute Gasteiger partial charge is 0.507 e. The summed E-state index contributed by atoms with van der Waals surface area (Å²) >= 11 is 0. The number of hydrogen-bond acceptors (Lipinski definition) is 5. The zero-order valence-corrected chi connectivity index (χ0v) is 20.6. The molecule has 1 aliphatic rings. The van der Waals surface area contributed by atoms with Crippen LogP contribution in [0.4, 0.5) is 0 Å². The molecule has 6 nitrogen and oxygen atoms in total. The number of rotatable bonds is 8. The van der Waals surface area contributed by atoms with Crippen molar-refractivity contribution >= 4 is 17.4 Å². The lowest BCUT2D eigenvalue weighted by atomic mass is 9.88. The number of aromatic hydroxyl groups is 2. The predicted octanol–water partition coefficient (Wildman–Crippen LogP) is 5.62. The molecule has 1 saturated heterocycles. The minimum Gasteiger partial charge on any atom is -0.507 e. The van der Waals surface area contributed by atoms with E-state index < -0.39 is 17.9 Å². The van der Waals surface area contributed by atoms with Gasteiger partial charge in [-0.25, -0.2) is 4.79 Å². The van der Waals surface area contributed by atoms with Crippen molar-refractivity contribution in [2.45, 2.75) is 65.3 Å². The van der Waals surface area contributed by atoms with Crippen LogP contribution >= 0.6 is 0 Å². The second kappa shape index (κ2) is 10.8. The summed E-state index contributed by atoms with van der Waals surface area (Å²) in [6, 6.07) is 6.62. The highest BCUT2D eigenvalue weighted by atomic mass is 16.5. The lowest BCUT2D eigenvalue weighted by Gasteiger charge is -2.26. The highest BCUT2D eigenvalue weighted by molar-refractivity contribution is 6.04. The van der Waals surface area contributed by atoms with Gasteiger partial charge in [-0.15, -0.1) is 0 Å². The predicted molar refractivity (Wildman–Crippen MR) is 134 cm³/mol. The molecular formula is C28H35NO5. The zero-order valence-electron chi connectivity index (χ0n) is 20.6. The second-order valence-corrected chi connectivity index (χ2v) is 9.12. The van der Waals surface area contributed by atoms with Gasteiger partial charge in [-0.2, -0.15) is 0 Å². The molecule has 1 amide bonds. The van der Waals surface area contributed by atoms with Crippen molar-refractivity contribution in [3.63, 3.8) is 0 Å². The van der Waals surface area contributed by atoms with Crippen molar-refractivity contribution in [2.24, 2.45) is 0 Å². The van der Waals surface area contributed by atoms with Gasteiger partial charge >= 0.3 is 5.97 Å². The van der Waals surface area contributed by atoms with E-state index >= 15 is 0 Å². The number of amides is 1. The molecule has 1 heterocycles. The van der Waals surface area contributed by atoms with E-state index in [2.05, 4.69) is 13.5 Å². The van der Waals surface area contributed by atoms with Crippen LogP contribution < -0.4 is 0 Å². The fourth-order valence-electron chi connectivity index (χ4n) is 4.75. The van der Waals surface area contributed by atoms with Crippen LogP contribution in [0.25, 0.3) is 16.7 Å². The van der Waals surface area contributed by atoms with Crippen LogP contribution in [0, 0.1) is 6.92 Å². The lowest BCUT2D eigenvalue weighted by molar-refractivity contribution is -0.145. The normalized spacial score (nSPS) is 15.4. The first-order chi connectivity index (χ1) is 16.2. The number of hydrogen-bond donors (Lipinski definition) is 2. The molecule has 3 rings (SSSR count).